The van der Waals surface area contributed by atoms with Gasteiger partial charge in [-0.2, -0.15) is 0 Å². The highest BCUT2D eigenvalue weighted by Crippen LogP contribution is 2.23. The zero-order valence-corrected chi connectivity index (χ0v) is 9.30. The Bertz CT molecular complexity index is 316. The van der Waals surface area contributed by atoms with Gasteiger partial charge in [0, 0.05) is 12.1 Å². The van der Waals surface area contributed by atoms with Crippen LogP contribution in [0, 0.1) is 17.6 Å². The summed E-state index contributed by atoms with van der Waals surface area (Å²) < 4.78 is 25.9. The second-order valence-corrected chi connectivity index (χ2v) is 4.31. The molecular weight excluding hydrogens is 196 g/mol. The minimum atomic E-state index is -0.548. The molecule has 2 N–H and O–H groups in total. The summed E-state index contributed by atoms with van der Waals surface area (Å²) in [4.78, 5) is 0. The molecule has 0 aliphatic carbocycles. The van der Waals surface area contributed by atoms with Gasteiger partial charge in [-0.05, 0) is 29.5 Å². The molecule has 0 heterocycles. The molecule has 1 aromatic carbocycles. The van der Waals surface area contributed by atoms with E-state index in [1.165, 1.54) is 12.1 Å². The van der Waals surface area contributed by atoms with Crippen LogP contribution in [0.15, 0.2) is 18.2 Å². The molecule has 0 bridgehead atoms. The van der Waals surface area contributed by atoms with Gasteiger partial charge in [-0.1, -0.05) is 20.8 Å². The van der Waals surface area contributed by atoms with Crippen LogP contribution in [-0.4, -0.2) is 6.04 Å². The molecule has 2 atom stereocenters. The van der Waals surface area contributed by atoms with Gasteiger partial charge in [0.05, 0.1) is 0 Å². The van der Waals surface area contributed by atoms with Gasteiger partial charge in [-0.15, -0.1) is 0 Å². The van der Waals surface area contributed by atoms with Crippen molar-refractivity contribution in [1.82, 2.24) is 0 Å². The zero-order valence-electron chi connectivity index (χ0n) is 9.30. The average molecular weight is 213 g/mol. The van der Waals surface area contributed by atoms with Gasteiger partial charge in [0.2, 0.25) is 0 Å². The van der Waals surface area contributed by atoms with Crippen molar-refractivity contribution in [3.63, 3.8) is 0 Å². The number of hydrogen-bond donors (Lipinski definition) is 1. The van der Waals surface area contributed by atoms with Crippen LogP contribution >= 0.6 is 0 Å². The van der Waals surface area contributed by atoms with Crippen LogP contribution in [0.4, 0.5) is 8.78 Å². The number of halogens is 2. The molecule has 0 amide bonds. The van der Waals surface area contributed by atoms with E-state index < -0.39 is 11.6 Å². The van der Waals surface area contributed by atoms with Crippen LogP contribution < -0.4 is 5.73 Å². The van der Waals surface area contributed by atoms with Gasteiger partial charge in [-0.3, -0.25) is 0 Å². The summed E-state index contributed by atoms with van der Waals surface area (Å²) >= 11 is 0. The second kappa shape index (κ2) is 4.71. The third-order valence-corrected chi connectivity index (χ3v) is 2.76. The van der Waals surface area contributed by atoms with Gasteiger partial charge >= 0.3 is 0 Å². The quantitative estimate of drug-likeness (QED) is 0.820. The van der Waals surface area contributed by atoms with E-state index >= 15 is 0 Å². The number of rotatable bonds is 3. The molecular formula is C12H17F2N. The second-order valence-electron chi connectivity index (χ2n) is 4.31. The minimum absolute atomic E-state index is 0.0461. The van der Waals surface area contributed by atoms with Gasteiger partial charge in [0.15, 0.2) is 0 Å². The maximum absolute atomic E-state index is 13.0. The number of benzene rings is 1. The predicted molar refractivity (Wildman–Crippen MR) is 57.6 cm³/mol. The standard InChI is InChI=1S/C12H17F2N/c1-7(2)12(15)8(3)9-4-10(13)6-11(14)5-9/h4-8,12H,15H2,1-3H3. The van der Waals surface area contributed by atoms with E-state index in [0.29, 0.717) is 5.56 Å². The SMILES string of the molecule is CC(C)C(N)C(C)c1cc(F)cc(F)c1. The Morgan fingerprint density at radius 2 is 1.47 bits per heavy atom. The zero-order chi connectivity index (χ0) is 11.6. The Balaban J connectivity index is 2.95. The summed E-state index contributed by atoms with van der Waals surface area (Å²) in [6, 6.07) is 3.47. The highest BCUT2D eigenvalue weighted by Gasteiger charge is 2.19. The van der Waals surface area contributed by atoms with E-state index in [1.54, 1.807) is 0 Å². The van der Waals surface area contributed by atoms with E-state index in [2.05, 4.69) is 0 Å². The lowest BCUT2D eigenvalue weighted by Gasteiger charge is -2.23. The van der Waals surface area contributed by atoms with E-state index in [4.69, 9.17) is 5.73 Å². The Kier molecular flexibility index (Phi) is 3.80. The van der Waals surface area contributed by atoms with Gasteiger partial charge in [-0.25, -0.2) is 8.78 Å². The number of nitrogens with two attached hydrogens (primary N) is 1. The van der Waals surface area contributed by atoms with Crippen molar-refractivity contribution in [2.45, 2.75) is 32.7 Å². The molecule has 0 aliphatic heterocycles. The molecule has 0 spiro atoms. The van der Waals surface area contributed by atoms with Crippen LogP contribution in [0.5, 0.6) is 0 Å². The molecule has 1 nitrogen and oxygen atoms in total. The summed E-state index contributed by atoms with van der Waals surface area (Å²) in [6.07, 6.45) is 0. The lowest BCUT2D eigenvalue weighted by molar-refractivity contribution is 0.431. The first-order valence-electron chi connectivity index (χ1n) is 5.13. The molecule has 15 heavy (non-hydrogen) atoms. The average Bonchev–Trinajstić information content (AvgIpc) is 2.13. The highest BCUT2D eigenvalue weighted by atomic mass is 19.1. The van der Waals surface area contributed by atoms with Crippen molar-refractivity contribution in [3.8, 4) is 0 Å². The molecule has 1 aromatic rings. The van der Waals surface area contributed by atoms with E-state index in [1.807, 2.05) is 20.8 Å². The van der Waals surface area contributed by atoms with Gasteiger partial charge in [0.1, 0.15) is 11.6 Å². The molecule has 3 heteroatoms. The molecule has 84 valence electrons. The molecule has 2 unspecified atom stereocenters. The first-order chi connectivity index (χ1) is 6.91. The summed E-state index contributed by atoms with van der Waals surface area (Å²) in [5, 5.41) is 0. The topological polar surface area (TPSA) is 26.0 Å². The Morgan fingerprint density at radius 1 is 1.00 bits per heavy atom. The Hall–Kier alpha value is -0.960. The van der Waals surface area contributed by atoms with Crippen LogP contribution in [0.3, 0.4) is 0 Å². The summed E-state index contributed by atoms with van der Waals surface area (Å²) in [6.45, 7) is 5.88. The Morgan fingerprint density at radius 3 is 1.87 bits per heavy atom. The fraction of sp³-hybridized carbons (Fsp3) is 0.500. The molecule has 0 aromatic heterocycles. The molecule has 0 saturated heterocycles. The maximum atomic E-state index is 13.0. The largest absolute Gasteiger partial charge is 0.327 e. The summed E-state index contributed by atoms with van der Waals surface area (Å²) in [7, 11) is 0. The van der Waals surface area contributed by atoms with Crippen LogP contribution in [-0.2, 0) is 0 Å². The minimum Gasteiger partial charge on any atom is -0.327 e. The van der Waals surface area contributed by atoms with Gasteiger partial charge in [0.25, 0.3) is 0 Å². The van der Waals surface area contributed by atoms with Crippen molar-refractivity contribution in [3.05, 3.63) is 35.4 Å². The lowest BCUT2D eigenvalue weighted by Crippen LogP contribution is -2.32. The summed E-state index contributed by atoms with van der Waals surface area (Å²) in [5.41, 5.74) is 6.57. The Labute approximate surface area is 89.3 Å². The van der Waals surface area contributed by atoms with E-state index in [-0.39, 0.29) is 17.9 Å². The van der Waals surface area contributed by atoms with Crippen molar-refractivity contribution >= 4 is 0 Å². The monoisotopic (exact) mass is 213 g/mol. The van der Waals surface area contributed by atoms with Crippen molar-refractivity contribution in [2.24, 2.45) is 11.7 Å². The number of hydrogen-bond acceptors (Lipinski definition) is 1. The summed E-state index contributed by atoms with van der Waals surface area (Å²) in [5.74, 6) is -0.859. The fourth-order valence-corrected chi connectivity index (χ4v) is 1.64. The third-order valence-electron chi connectivity index (χ3n) is 2.76. The van der Waals surface area contributed by atoms with Crippen molar-refractivity contribution < 1.29 is 8.78 Å². The smallest absolute Gasteiger partial charge is 0.126 e. The molecule has 0 aliphatic rings. The molecule has 1 rings (SSSR count). The molecule has 0 radical (unpaired) electrons. The first kappa shape index (κ1) is 12.1. The van der Waals surface area contributed by atoms with Crippen molar-refractivity contribution in [1.29, 1.82) is 0 Å². The maximum Gasteiger partial charge on any atom is 0.126 e. The first-order valence-corrected chi connectivity index (χ1v) is 5.13. The highest BCUT2D eigenvalue weighted by molar-refractivity contribution is 5.22. The van der Waals surface area contributed by atoms with E-state index in [9.17, 15) is 8.78 Å². The van der Waals surface area contributed by atoms with Crippen LogP contribution in [0.1, 0.15) is 32.3 Å². The fourth-order valence-electron chi connectivity index (χ4n) is 1.64. The molecule has 0 fully saturated rings. The normalized spacial score (nSPS) is 15.4. The van der Waals surface area contributed by atoms with Crippen LogP contribution in [0.25, 0.3) is 0 Å². The molecule has 0 saturated carbocycles. The third kappa shape index (κ3) is 2.99. The lowest BCUT2D eigenvalue weighted by atomic mass is 9.87. The van der Waals surface area contributed by atoms with E-state index in [0.717, 1.165) is 6.07 Å². The predicted octanol–water partition coefficient (Wildman–Crippen LogP) is 3.05. The van der Waals surface area contributed by atoms with Crippen LogP contribution in [0.2, 0.25) is 0 Å². The van der Waals surface area contributed by atoms with Gasteiger partial charge < -0.3 is 5.73 Å². The van der Waals surface area contributed by atoms with Crippen molar-refractivity contribution in [2.75, 3.05) is 0 Å².